The molecule has 0 saturated heterocycles. The van der Waals surface area contributed by atoms with Gasteiger partial charge in [0.25, 0.3) is 0 Å². The van der Waals surface area contributed by atoms with Crippen molar-refractivity contribution in [2.75, 3.05) is 18.2 Å². The lowest BCUT2D eigenvalue weighted by Gasteiger charge is -2.30. The third-order valence-corrected chi connectivity index (χ3v) is 7.07. The van der Waals surface area contributed by atoms with E-state index in [9.17, 15) is 9.59 Å². The Hall–Kier alpha value is -2.51. The first-order chi connectivity index (χ1) is 13.5. The Morgan fingerprint density at radius 1 is 1.21 bits per heavy atom. The summed E-state index contributed by atoms with van der Waals surface area (Å²) < 4.78 is 5.37. The molecule has 1 amide bonds. The number of H-pyrrole nitrogens is 1. The monoisotopic (exact) mass is 412 g/mol. The molecule has 0 spiro atoms. The van der Waals surface area contributed by atoms with Crippen LogP contribution in [0, 0.1) is 12.8 Å². The molecule has 1 aliphatic rings. The minimum Gasteiger partial charge on any atom is -0.497 e. The number of methoxy groups -OCH3 is 1. The highest BCUT2D eigenvalue weighted by Crippen LogP contribution is 2.46. The average molecular weight is 413 g/mol. The number of thioether (sulfide) groups is 1. The Labute approximate surface area is 171 Å². The third-order valence-electron chi connectivity index (χ3n) is 4.84. The first-order valence-electron chi connectivity index (χ1n) is 8.92. The highest BCUT2D eigenvalue weighted by Gasteiger charge is 2.38. The summed E-state index contributed by atoms with van der Waals surface area (Å²) >= 11 is 2.71. The van der Waals surface area contributed by atoms with Gasteiger partial charge < -0.3 is 15.0 Å². The van der Waals surface area contributed by atoms with E-state index in [0.29, 0.717) is 5.75 Å². The van der Waals surface area contributed by atoms with Crippen molar-refractivity contribution in [2.24, 2.45) is 5.92 Å². The number of aryl methyl sites for hydroxylation is 1. The second-order valence-electron chi connectivity index (χ2n) is 6.73. The molecule has 5 nitrogen and oxygen atoms in total. The zero-order chi connectivity index (χ0) is 19.7. The highest BCUT2D eigenvalue weighted by molar-refractivity contribution is 7.99. The van der Waals surface area contributed by atoms with Gasteiger partial charge in [-0.2, -0.15) is 0 Å². The second-order valence-corrected chi connectivity index (χ2v) is 8.78. The number of nitrogens with one attached hydrogen (secondary N) is 2. The molecular formula is C21H20N2O3S2. The standard InChI is InChI=1S/C21H20N2O3S2/c1-12-6-8-14(9-7-12)22-19(24)16-11-27-20-18(28-21(25)23-20)17(16)13-4-3-5-15(10-13)26-2/h3-10,16-17H,11H2,1-2H3,(H,22,24)(H,23,25)/t16-,17+/m1/s1. The summed E-state index contributed by atoms with van der Waals surface area (Å²) in [6.45, 7) is 2.01. The molecule has 0 aliphatic carbocycles. The number of rotatable bonds is 4. The number of anilines is 1. The summed E-state index contributed by atoms with van der Waals surface area (Å²) in [5.74, 6) is 0.797. The summed E-state index contributed by atoms with van der Waals surface area (Å²) in [5.41, 5.74) is 2.89. The second kappa shape index (κ2) is 7.85. The topological polar surface area (TPSA) is 71.2 Å². The fraction of sp³-hybridized carbons (Fsp3) is 0.238. The van der Waals surface area contributed by atoms with E-state index in [1.807, 2.05) is 55.5 Å². The van der Waals surface area contributed by atoms with E-state index in [2.05, 4.69) is 10.3 Å². The van der Waals surface area contributed by atoms with Crippen molar-refractivity contribution >= 4 is 34.7 Å². The fourth-order valence-corrected chi connectivity index (χ4v) is 5.82. The normalized spacial score (nSPS) is 18.4. The summed E-state index contributed by atoms with van der Waals surface area (Å²) in [7, 11) is 1.62. The number of benzene rings is 2. The van der Waals surface area contributed by atoms with E-state index in [-0.39, 0.29) is 22.6 Å². The predicted molar refractivity (Wildman–Crippen MR) is 114 cm³/mol. The van der Waals surface area contributed by atoms with Gasteiger partial charge in [0.05, 0.1) is 18.1 Å². The molecule has 0 bridgehead atoms. The molecule has 1 aliphatic heterocycles. The van der Waals surface area contributed by atoms with Gasteiger partial charge in [0.1, 0.15) is 5.75 Å². The lowest BCUT2D eigenvalue weighted by Crippen LogP contribution is -2.32. The quantitative estimate of drug-likeness (QED) is 0.672. The fourth-order valence-electron chi connectivity index (χ4n) is 3.41. The van der Waals surface area contributed by atoms with Crippen molar-refractivity contribution in [3.63, 3.8) is 0 Å². The molecule has 0 fully saturated rings. The predicted octanol–water partition coefficient (Wildman–Crippen LogP) is 4.25. The van der Waals surface area contributed by atoms with Gasteiger partial charge in [-0.15, -0.1) is 11.8 Å². The molecular weight excluding hydrogens is 392 g/mol. The van der Waals surface area contributed by atoms with Gasteiger partial charge in [0.15, 0.2) is 0 Å². The third kappa shape index (κ3) is 3.72. The van der Waals surface area contributed by atoms with Crippen molar-refractivity contribution in [1.29, 1.82) is 0 Å². The summed E-state index contributed by atoms with van der Waals surface area (Å²) in [6.07, 6.45) is 0. The number of carbonyl (C=O) groups excluding carboxylic acids is 1. The van der Waals surface area contributed by atoms with Crippen molar-refractivity contribution in [3.05, 3.63) is 74.2 Å². The number of aromatic amines is 1. The zero-order valence-electron chi connectivity index (χ0n) is 15.5. The smallest absolute Gasteiger partial charge is 0.305 e. The van der Waals surface area contributed by atoms with Crippen molar-refractivity contribution in [3.8, 4) is 5.75 Å². The van der Waals surface area contributed by atoms with E-state index in [0.717, 1.165) is 32.5 Å². The number of aromatic nitrogens is 1. The van der Waals surface area contributed by atoms with Crippen LogP contribution < -0.4 is 14.9 Å². The average Bonchev–Trinajstić information content (AvgIpc) is 3.09. The molecule has 2 atom stereocenters. The van der Waals surface area contributed by atoms with Crippen LogP contribution in [0.25, 0.3) is 0 Å². The van der Waals surface area contributed by atoms with E-state index < -0.39 is 0 Å². The molecule has 144 valence electrons. The van der Waals surface area contributed by atoms with Gasteiger partial charge in [-0.3, -0.25) is 9.59 Å². The number of ether oxygens (including phenoxy) is 1. The van der Waals surface area contributed by atoms with Crippen LogP contribution in [0.2, 0.25) is 0 Å². The van der Waals surface area contributed by atoms with Crippen LogP contribution in [0.1, 0.15) is 21.9 Å². The first-order valence-corrected chi connectivity index (χ1v) is 10.7. The zero-order valence-corrected chi connectivity index (χ0v) is 17.2. The maximum atomic E-state index is 13.2. The lowest BCUT2D eigenvalue weighted by atomic mass is 9.85. The summed E-state index contributed by atoms with van der Waals surface area (Å²) in [5, 5.41) is 3.90. The van der Waals surface area contributed by atoms with E-state index in [1.165, 1.54) is 23.1 Å². The maximum Gasteiger partial charge on any atom is 0.305 e. The van der Waals surface area contributed by atoms with Crippen LogP contribution >= 0.6 is 23.1 Å². The Morgan fingerprint density at radius 2 is 2.00 bits per heavy atom. The number of hydrogen-bond acceptors (Lipinski definition) is 5. The molecule has 0 saturated carbocycles. The van der Waals surface area contributed by atoms with Gasteiger partial charge in [0.2, 0.25) is 5.91 Å². The molecule has 2 heterocycles. The van der Waals surface area contributed by atoms with Crippen molar-refractivity contribution in [1.82, 2.24) is 4.98 Å². The van der Waals surface area contributed by atoms with E-state index >= 15 is 0 Å². The van der Waals surface area contributed by atoms with Gasteiger partial charge in [0, 0.05) is 22.2 Å². The molecule has 2 N–H and O–H groups in total. The lowest BCUT2D eigenvalue weighted by molar-refractivity contribution is -0.119. The number of carbonyl (C=O) groups is 1. The molecule has 4 rings (SSSR count). The molecule has 0 unspecified atom stereocenters. The Balaban J connectivity index is 1.71. The molecule has 28 heavy (non-hydrogen) atoms. The Morgan fingerprint density at radius 3 is 2.75 bits per heavy atom. The molecule has 0 radical (unpaired) electrons. The maximum absolute atomic E-state index is 13.2. The molecule has 7 heteroatoms. The van der Waals surface area contributed by atoms with E-state index in [1.54, 1.807) is 7.11 Å². The molecule has 1 aromatic heterocycles. The molecule has 2 aromatic carbocycles. The van der Waals surface area contributed by atoms with Crippen LogP contribution in [0.3, 0.4) is 0 Å². The van der Waals surface area contributed by atoms with Crippen LogP contribution in [0.15, 0.2) is 58.4 Å². The number of thiazole rings is 1. The van der Waals surface area contributed by atoms with Crippen LogP contribution in [-0.4, -0.2) is 23.8 Å². The minimum atomic E-state index is -0.294. The van der Waals surface area contributed by atoms with Crippen LogP contribution in [0.4, 0.5) is 5.69 Å². The number of amides is 1. The van der Waals surface area contributed by atoms with Gasteiger partial charge in [-0.05, 0) is 36.8 Å². The Kier molecular flexibility index (Phi) is 5.28. The first kappa shape index (κ1) is 18.8. The van der Waals surface area contributed by atoms with Gasteiger partial charge in [-0.1, -0.05) is 41.2 Å². The van der Waals surface area contributed by atoms with Gasteiger partial charge >= 0.3 is 4.87 Å². The number of hydrogen-bond donors (Lipinski definition) is 2. The number of fused-ring (bicyclic) bond motifs is 1. The summed E-state index contributed by atoms with van der Waals surface area (Å²) in [4.78, 5) is 28.9. The summed E-state index contributed by atoms with van der Waals surface area (Å²) in [6, 6.07) is 15.5. The van der Waals surface area contributed by atoms with Crippen LogP contribution in [-0.2, 0) is 4.79 Å². The Bertz CT molecular complexity index is 1060. The van der Waals surface area contributed by atoms with Crippen molar-refractivity contribution in [2.45, 2.75) is 17.9 Å². The largest absolute Gasteiger partial charge is 0.497 e. The van der Waals surface area contributed by atoms with Crippen LogP contribution in [0.5, 0.6) is 5.75 Å². The van der Waals surface area contributed by atoms with Crippen molar-refractivity contribution < 1.29 is 9.53 Å². The highest BCUT2D eigenvalue weighted by atomic mass is 32.2. The SMILES string of the molecule is COc1cccc([C@@H]2c3sc(=O)[nH]c3SC[C@H]2C(=O)Nc2ccc(C)cc2)c1. The van der Waals surface area contributed by atoms with E-state index in [4.69, 9.17) is 4.74 Å². The van der Waals surface area contributed by atoms with Gasteiger partial charge in [-0.25, -0.2) is 0 Å². The molecule has 3 aromatic rings. The minimum absolute atomic E-state index is 0.0457.